The Labute approximate surface area is 745 Å². The Morgan fingerprint density at radius 1 is 0.250 bits per heavy atom. The average molecular weight is 1740 g/mol. The van der Waals surface area contributed by atoms with Crippen molar-refractivity contribution in [2.45, 2.75) is 487 Å². The lowest BCUT2D eigenvalue weighted by molar-refractivity contribution is -0.159. The number of esters is 8. The van der Waals surface area contributed by atoms with Crippen molar-refractivity contribution in [1.29, 1.82) is 0 Å². The van der Waals surface area contributed by atoms with Crippen molar-refractivity contribution in [3.8, 4) is 47.4 Å². The molecule has 24 nitrogen and oxygen atoms in total. The van der Waals surface area contributed by atoms with E-state index in [4.69, 9.17) is 37.9 Å². The maximum atomic E-state index is 13.5. The van der Waals surface area contributed by atoms with Gasteiger partial charge in [0.05, 0.1) is 26.4 Å². The second kappa shape index (κ2) is 76.1. The van der Waals surface area contributed by atoms with E-state index in [0.717, 1.165) is 77.0 Å². The minimum Gasteiger partial charge on any atom is -0.464 e. The van der Waals surface area contributed by atoms with Gasteiger partial charge in [-0.1, -0.05) is 231 Å². The Morgan fingerprint density at radius 3 is 0.613 bits per heavy atom. The van der Waals surface area contributed by atoms with Crippen molar-refractivity contribution in [2.75, 3.05) is 26.4 Å². The molecule has 6 rings (SSSR count). The number of ether oxygens (including phenoxy) is 8. The third-order valence-corrected chi connectivity index (χ3v) is 22.7. The van der Waals surface area contributed by atoms with E-state index in [0.29, 0.717) is 154 Å². The fourth-order valence-corrected chi connectivity index (χ4v) is 15.1. The van der Waals surface area contributed by atoms with E-state index in [9.17, 15) is 57.5 Å². The molecular formula is C100H160N4O20. The molecular weight excluding hydrogens is 1580 g/mol. The Bertz CT molecular complexity index is 2840. The van der Waals surface area contributed by atoms with Gasteiger partial charge in [0.1, 0.15) is 48.6 Å². The molecule has 2 fully saturated rings. The largest absolute Gasteiger partial charge is 0.464 e. The van der Waals surface area contributed by atoms with E-state index in [1.807, 2.05) is 0 Å². The molecule has 0 aromatic heterocycles. The lowest BCUT2D eigenvalue weighted by Gasteiger charge is -2.28. The van der Waals surface area contributed by atoms with Crippen molar-refractivity contribution in [3.05, 3.63) is 0 Å². The van der Waals surface area contributed by atoms with Crippen LogP contribution in [-0.2, 0) is 95.4 Å². The summed E-state index contributed by atoms with van der Waals surface area (Å²) in [6.45, 7) is 9.52. The van der Waals surface area contributed by atoms with Crippen molar-refractivity contribution < 1.29 is 95.4 Å². The minimum atomic E-state index is -1.07. The molecule has 0 saturated heterocycles. The van der Waals surface area contributed by atoms with Gasteiger partial charge in [0.2, 0.25) is 23.6 Å². The molecule has 0 unspecified atom stereocenters. The number of hydrogen-bond acceptors (Lipinski definition) is 20. The normalized spacial score (nSPS) is 21.6. The van der Waals surface area contributed by atoms with Crippen LogP contribution >= 0.6 is 0 Å². The topological polar surface area (TPSA) is 327 Å². The summed E-state index contributed by atoms with van der Waals surface area (Å²) in [6.07, 6.45) is 41.6. The fourth-order valence-electron chi connectivity index (χ4n) is 15.1. The Kier molecular flexibility index (Phi) is 67.6. The van der Waals surface area contributed by atoms with E-state index in [1.54, 1.807) is 0 Å². The molecule has 4 aliphatic heterocycles. The third-order valence-electron chi connectivity index (χ3n) is 22.7. The van der Waals surface area contributed by atoms with Gasteiger partial charge in [0.15, 0.2) is 0 Å². The van der Waals surface area contributed by atoms with Crippen LogP contribution < -0.4 is 21.3 Å². The Hall–Kier alpha value is -8.12. The van der Waals surface area contributed by atoms with Crippen LogP contribution in [0.4, 0.5) is 0 Å². The van der Waals surface area contributed by atoms with E-state index in [1.165, 1.54) is 103 Å². The molecule has 2 aliphatic carbocycles. The molecule has 4 bridgehead atoms. The van der Waals surface area contributed by atoms with Crippen molar-refractivity contribution in [2.24, 2.45) is 0 Å². The molecule has 0 spiro atoms. The van der Waals surface area contributed by atoms with E-state index in [-0.39, 0.29) is 127 Å². The quantitative estimate of drug-likeness (QED) is 0.0192. The second-order valence-corrected chi connectivity index (χ2v) is 34.0. The Morgan fingerprint density at radius 2 is 0.427 bits per heavy atom. The average Bonchev–Trinajstić information content (AvgIpc) is 0.888. The minimum absolute atomic E-state index is 0.0236. The molecule has 4 amide bonds. The fraction of sp³-hybridized carbons (Fsp3) is 0.800. The summed E-state index contributed by atoms with van der Waals surface area (Å²) in [5, 5.41) is 11.2. The first-order valence-electron chi connectivity index (χ1n) is 49.0. The van der Waals surface area contributed by atoms with Crippen molar-refractivity contribution in [1.82, 2.24) is 21.3 Å². The van der Waals surface area contributed by atoms with Gasteiger partial charge in [0, 0.05) is 77.0 Å². The molecule has 0 radical (unpaired) electrons. The molecule has 6 aliphatic rings. The molecule has 4 atom stereocenters. The van der Waals surface area contributed by atoms with Crippen LogP contribution in [0.25, 0.3) is 0 Å². The first kappa shape index (κ1) is 110. The van der Waals surface area contributed by atoms with Crippen LogP contribution in [0.15, 0.2) is 0 Å². The first-order valence-corrected chi connectivity index (χ1v) is 49.0. The van der Waals surface area contributed by atoms with Crippen molar-refractivity contribution in [3.63, 3.8) is 0 Å². The maximum Gasteiger partial charge on any atom is 0.328 e. The first-order chi connectivity index (χ1) is 60.4. The summed E-state index contributed by atoms with van der Waals surface area (Å²) < 4.78 is 46.1. The lowest BCUT2D eigenvalue weighted by Crippen LogP contribution is -2.42. The van der Waals surface area contributed by atoms with Gasteiger partial charge >= 0.3 is 47.8 Å². The zero-order chi connectivity index (χ0) is 89.8. The van der Waals surface area contributed by atoms with Gasteiger partial charge in [-0.25, -0.2) is 19.2 Å². The van der Waals surface area contributed by atoms with E-state index < -0.39 is 96.3 Å². The predicted molar refractivity (Wildman–Crippen MR) is 480 cm³/mol. The second-order valence-electron chi connectivity index (χ2n) is 34.0. The van der Waals surface area contributed by atoms with Gasteiger partial charge in [0.25, 0.3) is 0 Å². The molecule has 0 aromatic rings. The van der Waals surface area contributed by atoms with Gasteiger partial charge < -0.3 is 59.2 Å². The standard InChI is InChI=1S/C100H160N4O20/c1-5-9-13-17-21-37-45-53-77-117-97(113)85-69-73-93(109)121-81-61-63-82(64-62-81)122-94(110)74-70-86(98(114)118-78-54-46-38-22-18-14-10-6-2)102-91(107)59-51-43-35-31-27-28-32-36-44-52-60-92(108)104-88(100(116)120-80-56-48-40-24-20-16-12-8-4)72-76-96(112)124-84-67-65-83(66-68-84)123-95(111)75-71-87(99(115)119-79-55-47-39-23-19-15-11-7-3)103-90(106)58-50-42-34-30-26-25-29-33-41-49-57-89(105)101-85/h81-88H,5-24,33-80H2,1-4H3,(H,101,105)(H,102,107)(H,103,106)(H,104,108)/t81?,82?,83?,84?,85-,86-,87-,88-/m0/s1. The molecule has 2 saturated carbocycles. The monoisotopic (exact) mass is 1740 g/mol. The number of hydrogen-bond donors (Lipinski definition) is 4. The highest BCUT2D eigenvalue weighted by Gasteiger charge is 2.33. The third kappa shape index (κ3) is 61.3. The molecule has 0 aromatic carbocycles. The summed E-state index contributed by atoms with van der Waals surface area (Å²) in [7, 11) is 0. The summed E-state index contributed by atoms with van der Waals surface area (Å²) in [5.74, 6) is 17.5. The molecule has 700 valence electrons. The SMILES string of the molecule is CCCCCCCCCCOC(=O)[C@@H]1CCC(=O)OC2CCC(CC2)OC(=O)CC[C@@H](C(=O)OCCCCCCCCCC)NC(=O)CCCCC#CC#CCCCCC(=O)N[C@H](C(=O)OCCCCCCCCCC)CCC(=O)OC2CCC(CC2)OC(=O)CC[C@@H](C(=O)OCCCCCCCCCC)NC(=O)CCCCC#CC#CCCCCC(=O)N1. The van der Waals surface area contributed by atoms with Gasteiger partial charge in [-0.2, -0.15) is 0 Å². The maximum absolute atomic E-state index is 13.5. The number of rotatable bonds is 40. The summed E-state index contributed by atoms with van der Waals surface area (Å²) in [6, 6.07) is -4.26. The lowest BCUT2D eigenvalue weighted by atomic mass is 9.95. The Balaban J connectivity index is 1.73. The number of carbonyl (C=O) groups excluding carboxylic acids is 12. The van der Waals surface area contributed by atoms with Crippen LogP contribution in [-0.4, -0.2) is 146 Å². The highest BCUT2D eigenvalue weighted by atomic mass is 16.6. The molecule has 4 heterocycles. The van der Waals surface area contributed by atoms with Gasteiger partial charge in [-0.3, -0.25) is 38.4 Å². The van der Waals surface area contributed by atoms with E-state index in [2.05, 4.69) is 96.3 Å². The number of unbranched alkanes of at least 4 members (excludes halogenated alkanes) is 28. The predicted octanol–water partition coefficient (Wildman–Crippen LogP) is 18.8. The smallest absolute Gasteiger partial charge is 0.328 e. The van der Waals surface area contributed by atoms with Crippen LogP contribution in [0.1, 0.15) is 439 Å². The highest BCUT2D eigenvalue weighted by Crippen LogP contribution is 2.28. The summed E-state index contributed by atoms with van der Waals surface area (Å²) >= 11 is 0. The van der Waals surface area contributed by atoms with Crippen LogP contribution in [0.5, 0.6) is 0 Å². The van der Waals surface area contributed by atoms with Crippen molar-refractivity contribution >= 4 is 71.4 Å². The van der Waals surface area contributed by atoms with Gasteiger partial charge in [-0.05, 0) is 178 Å². The number of nitrogens with one attached hydrogen (secondary N) is 4. The molecule has 124 heavy (non-hydrogen) atoms. The number of carbonyl (C=O) groups is 12. The molecule has 24 heteroatoms. The number of amides is 4. The van der Waals surface area contributed by atoms with E-state index >= 15 is 0 Å². The zero-order valence-corrected chi connectivity index (χ0v) is 76.9. The van der Waals surface area contributed by atoms with Crippen LogP contribution in [0.3, 0.4) is 0 Å². The molecule has 4 N–H and O–H groups in total. The van der Waals surface area contributed by atoms with Gasteiger partial charge in [-0.15, -0.1) is 0 Å². The van der Waals surface area contributed by atoms with Crippen LogP contribution in [0.2, 0.25) is 0 Å². The van der Waals surface area contributed by atoms with Crippen LogP contribution in [0, 0.1) is 47.4 Å². The zero-order valence-electron chi connectivity index (χ0n) is 76.9. The summed E-state index contributed by atoms with van der Waals surface area (Å²) in [4.78, 5) is 161. The highest BCUT2D eigenvalue weighted by molar-refractivity contribution is 5.87. The summed E-state index contributed by atoms with van der Waals surface area (Å²) in [5.41, 5.74) is 0.